The minimum absolute atomic E-state index is 0.138. The fraction of sp³-hybridized carbons (Fsp3) is 0.833. The van der Waals surface area contributed by atoms with Crippen molar-refractivity contribution in [2.75, 3.05) is 20.6 Å². The first kappa shape index (κ1) is 14.8. The molecule has 1 fully saturated rings. The van der Waals surface area contributed by atoms with Gasteiger partial charge < -0.3 is 14.7 Å². The summed E-state index contributed by atoms with van der Waals surface area (Å²) in [6.07, 6.45) is -0.971. The van der Waals surface area contributed by atoms with E-state index < -0.39 is 23.8 Å². The summed E-state index contributed by atoms with van der Waals surface area (Å²) < 4.78 is 5.24. The molecule has 6 heteroatoms. The summed E-state index contributed by atoms with van der Waals surface area (Å²) in [4.78, 5) is 26.6. The molecule has 18 heavy (non-hydrogen) atoms. The van der Waals surface area contributed by atoms with Gasteiger partial charge in [0.25, 0.3) is 0 Å². The van der Waals surface area contributed by atoms with Gasteiger partial charge in [0.1, 0.15) is 11.6 Å². The molecule has 0 aromatic rings. The van der Waals surface area contributed by atoms with E-state index in [2.05, 4.69) is 0 Å². The topological polar surface area (TPSA) is 70.1 Å². The van der Waals surface area contributed by atoms with Crippen molar-refractivity contribution in [1.82, 2.24) is 9.80 Å². The lowest BCUT2D eigenvalue weighted by Crippen LogP contribution is -2.47. The third-order valence-electron chi connectivity index (χ3n) is 2.63. The fourth-order valence-corrected chi connectivity index (χ4v) is 1.87. The van der Waals surface area contributed by atoms with Crippen LogP contribution in [0.4, 0.5) is 4.79 Å². The highest BCUT2D eigenvalue weighted by Gasteiger charge is 2.41. The zero-order valence-electron chi connectivity index (χ0n) is 11.6. The van der Waals surface area contributed by atoms with Crippen LogP contribution in [0.2, 0.25) is 0 Å². The van der Waals surface area contributed by atoms with Crippen LogP contribution >= 0.6 is 0 Å². The van der Waals surface area contributed by atoms with Crippen LogP contribution in [0.1, 0.15) is 27.2 Å². The molecule has 6 nitrogen and oxygen atoms in total. The third kappa shape index (κ3) is 3.60. The standard InChI is InChI=1S/C12H22N2O4/c1-12(2,3)18-11(17)14-7-8(15)6-9(14)10(16)13(4)5/h8-9,15H,6-7H2,1-5H3/t8?,9-/m0/s1. The number of hydrogen-bond donors (Lipinski definition) is 1. The molecule has 2 atom stereocenters. The number of nitrogens with zero attached hydrogens (tertiary/aromatic N) is 2. The van der Waals surface area contributed by atoms with Crippen molar-refractivity contribution in [3.8, 4) is 0 Å². The number of ether oxygens (including phenoxy) is 1. The number of carbonyl (C=O) groups excluding carboxylic acids is 2. The molecular weight excluding hydrogens is 236 g/mol. The molecule has 0 aliphatic carbocycles. The van der Waals surface area contributed by atoms with Gasteiger partial charge in [-0.3, -0.25) is 9.69 Å². The molecule has 0 aromatic heterocycles. The molecule has 104 valence electrons. The lowest BCUT2D eigenvalue weighted by atomic mass is 10.2. The highest BCUT2D eigenvalue weighted by atomic mass is 16.6. The lowest BCUT2D eigenvalue weighted by Gasteiger charge is -2.28. The second-order valence-corrected chi connectivity index (χ2v) is 5.77. The van der Waals surface area contributed by atoms with Crippen molar-refractivity contribution in [3.05, 3.63) is 0 Å². The molecule has 1 heterocycles. The van der Waals surface area contributed by atoms with Crippen LogP contribution in [-0.4, -0.2) is 65.3 Å². The predicted molar refractivity (Wildman–Crippen MR) is 66.0 cm³/mol. The highest BCUT2D eigenvalue weighted by Crippen LogP contribution is 2.22. The van der Waals surface area contributed by atoms with Crippen LogP contribution in [0.15, 0.2) is 0 Å². The maximum Gasteiger partial charge on any atom is 0.411 e. The van der Waals surface area contributed by atoms with Gasteiger partial charge in [-0.1, -0.05) is 0 Å². The first-order chi connectivity index (χ1) is 8.11. The van der Waals surface area contributed by atoms with E-state index in [9.17, 15) is 14.7 Å². The molecule has 1 saturated heterocycles. The van der Waals surface area contributed by atoms with Crippen LogP contribution in [-0.2, 0) is 9.53 Å². The largest absolute Gasteiger partial charge is 0.444 e. The molecule has 1 N–H and O–H groups in total. The summed E-state index contributed by atoms with van der Waals surface area (Å²) in [7, 11) is 3.25. The van der Waals surface area contributed by atoms with Crippen molar-refractivity contribution >= 4 is 12.0 Å². The van der Waals surface area contributed by atoms with E-state index in [1.54, 1.807) is 34.9 Å². The van der Waals surface area contributed by atoms with Gasteiger partial charge in [-0.15, -0.1) is 0 Å². The average molecular weight is 258 g/mol. The van der Waals surface area contributed by atoms with Gasteiger partial charge >= 0.3 is 6.09 Å². The Balaban J connectivity index is 2.79. The molecular formula is C12H22N2O4. The van der Waals surface area contributed by atoms with E-state index in [0.717, 1.165) is 0 Å². The molecule has 0 bridgehead atoms. The van der Waals surface area contributed by atoms with Gasteiger partial charge in [0.15, 0.2) is 0 Å². The van der Waals surface area contributed by atoms with Crippen molar-refractivity contribution < 1.29 is 19.4 Å². The summed E-state index contributed by atoms with van der Waals surface area (Å²) in [6.45, 7) is 5.43. The van der Waals surface area contributed by atoms with Crippen LogP contribution in [0.3, 0.4) is 0 Å². The van der Waals surface area contributed by atoms with Gasteiger partial charge in [-0.2, -0.15) is 0 Å². The number of amides is 2. The number of likely N-dealkylation sites (N-methyl/N-ethyl adjacent to an activating group) is 1. The molecule has 1 aliphatic rings. The molecule has 0 saturated carbocycles. The molecule has 0 spiro atoms. The summed E-state index contributed by atoms with van der Waals surface area (Å²) in [5.41, 5.74) is -0.615. The molecule has 0 aromatic carbocycles. The highest BCUT2D eigenvalue weighted by molar-refractivity contribution is 5.86. The van der Waals surface area contributed by atoms with Crippen LogP contribution in [0.5, 0.6) is 0 Å². The van der Waals surface area contributed by atoms with E-state index >= 15 is 0 Å². The number of rotatable bonds is 1. The first-order valence-corrected chi connectivity index (χ1v) is 6.00. The fourth-order valence-electron chi connectivity index (χ4n) is 1.87. The summed E-state index contributed by atoms with van der Waals surface area (Å²) in [5, 5.41) is 9.63. The smallest absolute Gasteiger partial charge is 0.411 e. The Morgan fingerprint density at radius 1 is 1.33 bits per heavy atom. The summed E-state index contributed by atoms with van der Waals surface area (Å²) >= 11 is 0. The number of likely N-dealkylation sites (tertiary alicyclic amines) is 1. The summed E-state index contributed by atoms with van der Waals surface area (Å²) in [5.74, 6) is -0.197. The van der Waals surface area contributed by atoms with Crippen molar-refractivity contribution in [2.24, 2.45) is 0 Å². The normalized spacial score (nSPS) is 24.0. The Morgan fingerprint density at radius 3 is 2.33 bits per heavy atom. The number of carbonyl (C=O) groups is 2. The second kappa shape index (κ2) is 5.14. The van der Waals surface area contributed by atoms with Crippen molar-refractivity contribution in [1.29, 1.82) is 0 Å². The van der Waals surface area contributed by atoms with Crippen LogP contribution in [0, 0.1) is 0 Å². The van der Waals surface area contributed by atoms with Gasteiger partial charge in [0.05, 0.1) is 12.6 Å². The predicted octanol–water partition coefficient (Wildman–Crippen LogP) is 0.445. The molecule has 1 unspecified atom stereocenters. The molecule has 1 aliphatic heterocycles. The SMILES string of the molecule is CN(C)C(=O)[C@@H]1CC(O)CN1C(=O)OC(C)(C)C. The molecule has 1 rings (SSSR count). The van der Waals surface area contributed by atoms with E-state index in [1.807, 2.05) is 0 Å². The Labute approximate surface area is 107 Å². The Bertz CT molecular complexity index is 335. The first-order valence-electron chi connectivity index (χ1n) is 6.00. The minimum Gasteiger partial charge on any atom is -0.444 e. The van der Waals surface area contributed by atoms with Gasteiger partial charge in [0.2, 0.25) is 5.91 Å². The molecule has 2 amide bonds. The summed E-state index contributed by atoms with van der Waals surface area (Å²) in [6, 6.07) is -0.634. The monoisotopic (exact) mass is 258 g/mol. The van der Waals surface area contributed by atoms with Crippen molar-refractivity contribution in [2.45, 2.75) is 44.9 Å². The zero-order valence-corrected chi connectivity index (χ0v) is 11.6. The third-order valence-corrected chi connectivity index (χ3v) is 2.63. The van der Waals surface area contributed by atoms with E-state index in [1.165, 1.54) is 9.80 Å². The zero-order chi connectivity index (χ0) is 14.1. The van der Waals surface area contributed by atoms with E-state index in [-0.39, 0.29) is 18.9 Å². The quantitative estimate of drug-likeness (QED) is 0.741. The Kier molecular flexibility index (Phi) is 4.21. The maximum atomic E-state index is 12.0. The number of aliphatic hydroxyl groups is 1. The number of aliphatic hydroxyl groups excluding tert-OH is 1. The second-order valence-electron chi connectivity index (χ2n) is 5.77. The molecule has 0 radical (unpaired) electrons. The van der Waals surface area contributed by atoms with Crippen molar-refractivity contribution in [3.63, 3.8) is 0 Å². The van der Waals surface area contributed by atoms with Crippen LogP contribution in [0.25, 0.3) is 0 Å². The van der Waals surface area contributed by atoms with E-state index in [4.69, 9.17) is 4.74 Å². The average Bonchev–Trinajstić information content (AvgIpc) is 2.56. The number of hydrogen-bond acceptors (Lipinski definition) is 4. The van der Waals surface area contributed by atoms with Gasteiger partial charge in [-0.05, 0) is 20.8 Å². The number of β-amino-alcohol motifs (C(OH)–C–C–N with tert-alkyl or cyclic N) is 1. The van der Waals surface area contributed by atoms with Crippen LogP contribution < -0.4 is 0 Å². The van der Waals surface area contributed by atoms with Gasteiger partial charge in [-0.25, -0.2) is 4.79 Å². The van der Waals surface area contributed by atoms with E-state index in [0.29, 0.717) is 0 Å². The lowest BCUT2D eigenvalue weighted by molar-refractivity contribution is -0.133. The Hall–Kier alpha value is -1.30. The Morgan fingerprint density at radius 2 is 1.89 bits per heavy atom. The minimum atomic E-state index is -0.675. The van der Waals surface area contributed by atoms with Gasteiger partial charge in [0, 0.05) is 20.5 Å². The maximum absolute atomic E-state index is 12.0.